The maximum Gasteiger partial charge on any atom is 0.279 e. The average Bonchev–Trinajstić information content (AvgIpc) is 1.83. The van der Waals surface area contributed by atoms with Crippen LogP contribution in [0.15, 0.2) is 0 Å². The van der Waals surface area contributed by atoms with Crippen LogP contribution >= 0.6 is 0 Å². The molecule has 0 aromatic rings. The van der Waals surface area contributed by atoms with E-state index < -0.39 is 17.7 Å². The van der Waals surface area contributed by atoms with Crippen molar-refractivity contribution >= 4 is 19.7 Å². The van der Waals surface area contributed by atoms with Crippen LogP contribution in [0.1, 0.15) is 6.92 Å². The third-order valence-corrected chi connectivity index (χ3v) is 1.24. The molecule has 0 spiro atoms. The fraction of sp³-hybridized carbons (Fsp3) is 0.500. The van der Waals surface area contributed by atoms with Gasteiger partial charge in [-0.1, -0.05) is 0 Å². The van der Waals surface area contributed by atoms with Crippen molar-refractivity contribution in [3.8, 4) is 0 Å². The van der Waals surface area contributed by atoms with Gasteiger partial charge in [0.15, 0.2) is 0 Å². The maximum atomic E-state index is 10.3. The lowest BCUT2D eigenvalue weighted by Gasteiger charge is -2.32. The first kappa shape index (κ1) is 5.34. The van der Waals surface area contributed by atoms with Gasteiger partial charge in [-0.3, -0.25) is 9.59 Å². The summed E-state index contributed by atoms with van der Waals surface area (Å²) < 4.78 is 0. The Hall–Kier alpha value is -0.795. The average molecular weight is 109 g/mol. The molecule has 0 saturated carbocycles. The van der Waals surface area contributed by atoms with E-state index in [1.54, 1.807) is 6.92 Å². The number of ketones is 1. The van der Waals surface area contributed by atoms with E-state index in [1.807, 2.05) is 0 Å². The number of β-lactam (4-membered cyclic amide) rings is 1. The highest BCUT2D eigenvalue weighted by atomic mass is 16.2. The predicted molar refractivity (Wildman–Crippen MR) is 27.1 cm³/mol. The van der Waals surface area contributed by atoms with Gasteiger partial charge in [-0.05, 0) is 6.92 Å². The Bertz CT molecular complexity index is 138. The summed E-state index contributed by atoms with van der Waals surface area (Å²) in [5, 5.41) is 0. The van der Waals surface area contributed by atoms with Crippen molar-refractivity contribution in [3.63, 3.8) is 0 Å². The molecule has 0 aliphatic carbocycles. The Balaban J connectivity index is 2.68. The summed E-state index contributed by atoms with van der Waals surface area (Å²) in [6, 6.07) is -0.400. The van der Waals surface area contributed by atoms with Crippen molar-refractivity contribution in [1.82, 2.24) is 4.81 Å². The minimum Gasteiger partial charge on any atom is -0.381 e. The van der Waals surface area contributed by atoms with E-state index in [2.05, 4.69) is 0 Å². The van der Waals surface area contributed by atoms with E-state index in [0.29, 0.717) is 0 Å². The molecule has 1 aliphatic rings. The summed E-state index contributed by atoms with van der Waals surface area (Å²) in [6.07, 6.45) is 0. The molecule has 1 saturated heterocycles. The van der Waals surface area contributed by atoms with Crippen LogP contribution in [0.3, 0.4) is 0 Å². The highest BCUT2D eigenvalue weighted by molar-refractivity contribution is 6.50. The first-order valence-electron chi connectivity index (χ1n) is 2.26. The fourth-order valence-corrected chi connectivity index (χ4v) is 0.542. The fourth-order valence-electron chi connectivity index (χ4n) is 0.542. The Morgan fingerprint density at radius 1 is 1.62 bits per heavy atom. The van der Waals surface area contributed by atoms with Crippen molar-refractivity contribution in [3.05, 3.63) is 0 Å². The van der Waals surface area contributed by atoms with Gasteiger partial charge in [-0.25, -0.2) is 0 Å². The standard InChI is InChI=1S/C4H4BNO2/c1-2-3(7)4(8)6(2)5/h2H,1H3. The molecule has 1 amide bonds. The molecule has 1 unspecified atom stereocenters. The lowest BCUT2D eigenvalue weighted by molar-refractivity contribution is -0.153. The van der Waals surface area contributed by atoms with Crippen LogP contribution < -0.4 is 0 Å². The smallest absolute Gasteiger partial charge is 0.279 e. The van der Waals surface area contributed by atoms with Gasteiger partial charge < -0.3 is 4.81 Å². The van der Waals surface area contributed by atoms with E-state index in [0.717, 1.165) is 4.81 Å². The number of Topliss-reactive ketones (excluding diaryl/α,β-unsaturated/α-hetero) is 1. The number of nitrogens with zero attached hydrogens (tertiary/aromatic N) is 1. The predicted octanol–water partition coefficient (Wildman–Crippen LogP) is -1.13. The number of carbonyl (C=O) groups excluding carboxylic acids is 2. The van der Waals surface area contributed by atoms with E-state index in [1.165, 1.54) is 0 Å². The molecule has 4 heteroatoms. The van der Waals surface area contributed by atoms with Gasteiger partial charge in [0, 0.05) is 0 Å². The van der Waals surface area contributed by atoms with Crippen LogP contribution in [0.25, 0.3) is 0 Å². The highest BCUT2D eigenvalue weighted by Gasteiger charge is 2.38. The van der Waals surface area contributed by atoms with Crippen molar-refractivity contribution in [1.29, 1.82) is 0 Å². The number of amides is 1. The zero-order chi connectivity index (χ0) is 6.31. The van der Waals surface area contributed by atoms with Crippen LogP contribution in [0.2, 0.25) is 0 Å². The summed E-state index contributed by atoms with van der Waals surface area (Å²) >= 11 is 0. The largest absolute Gasteiger partial charge is 0.381 e. The first-order chi connectivity index (χ1) is 3.64. The Labute approximate surface area is 48.1 Å². The van der Waals surface area contributed by atoms with Gasteiger partial charge in [0.2, 0.25) is 13.8 Å². The third kappa shape index (κ3) is 0.398. The molecular weight excluding hydrogens is 105 g/mol. The number of rotatable bonds is 0. The lowest BCUT2D eigenvalue weighted by Crippen LogP contribution is -2.58. The highest BCUT2D eigenvalue weighted by Crippen LogP contribution is 2.09. The molecule has 0 N–H and O–H groups in total. The zero-order valence-corrected chi connectivity index (χ0v) is 4.42. The molecule has 3 nitrogen and oxygen atoms in total. The molecule has 40 valence electrons. The molecule has 0 bridgehead atoms. The van der Waals surface area contributed by atoms with Crippen LogP contribution in [0, 0.1) is 0 Å². The molecule has 1 fully saturated rings. The quantitative estimate of drug-likeness (QED) is 0.224. The van der Waals surface area contributed by atoms with Gasteiger partial charge in [0.25, 0.3) is 5.91 Å². The van der Waals surface area contributed by atoms with Crippen LogP contribution in [0.4, 0.5) is 0 Å². The van der Waals surface area contributed by atoms with Gasteiger partial charge >= 0.3 is 0 Å². The molecular formula is C4H4BNO2. The molecule has 1 heterocycles. The second kappa shape index (κ2) is 1.34. The summed E-state index contributed by atoms with van der Waals surface area (Å²) in [4.78, 5) is 21.4. The Morgan fingerprint density at radius 3 is 2.25 bits per heavy atom. The number of carbonyl (C=O) groups is 2. The summed E-state index contributed by atoms with van der Waals surface area (Å²) in [7, 11) is 5.02. The Kier molecular flexibility index (Phi) is 0.894. The first-order valence-corrected chi connectivity index (χ1v) is 2.26. The normalized spacial score (nSPS) is 28.1. The summed E-state index contributed by atoms with van der Waals surface area (Å²) in [5.74, 6) is -0.981. The van der Waals surface area contributed by atoms with Gasteiger partial charge in [-0.2, -0.15) is 0 Å². The van der Waals surface area contributed by atoms with Crippen molar-refractivity contribution in [2.75, 3.05) is 0 Å². The second-order valence-electron chi connectivity index (χ2n) is 1.75. The molecule has 0 aromatic carbocycles. The van der Waals surface area contributed by atoms with Crippen molar-refractivity contribution in [2.24, 2.45) is 0 Å². The van der Waals surface area contributed by atoms with Crippen molar-refractivity contribution < 1.29 is 9.59 Å². The van der Waals surface area contributed by atoms with Gasteiger partial charge in [0.05, 0.1) is 6.04 Å². The molecule has 2 radical (unpaired) electrons. The lowest BCUT2D eigenvalue weighted by atomic mass is 9.97. The molecule has 1 atom stereocenters. The van der Waals surface area contributed by atoms with Gasteiger partial charge in [0.1, 0.15) is 0 Å². The topological polar surface area (TPSA) is 37.4 Å². The molecule has 0 aromatic heterocycles. The van der Waals surface area contributed by atoms with Crippen molar-refractivity contribution in [2.45, 2.75) is 13.0 Å². The van der Waals surface area contributed by atoms with Crippen LogP contribution in [-0.2, 0) is 9.59 Å². The van der Waals surface area contributed by atoms with E-state index in [9.17, 15) is 9.59 Å². The third-order valence-electron chi connectivity index (χ3n) is 1.24. The number of hydrogen-bond acceptors (Lipinski definition) is 2. The zero-order valence-electron chi connectivity index (χ0n) is 4.42. The SMILES string of the molecule is [B]N1C(=O)C(=O)C1C. The minimum absolute atomic E-state index is 0.396. The summed E-state index contributed by atoms with van der Waals surface area (Å²) in [5.41, 5.74) is 0. The van der Waals surface area contributed by atoms with E-state index in [-0.39, 0.29) is 0 Å². The second-order valence-corrected chi connectivity index (χ2v) is 1.75. The number of hydrogen-bond donors (Lipinski definition) is 0. The molecule has 8 heavy (non-hydrogen) atoms. The maximum absolute atomic E-state index is 10.3. The monoisotopic (exact) mass is 109 g/mol. The Morgan fingerprint density at radius 2 is 2.12 bits per heavy atom. The van der Waals surface area contributed by atoms with Gasteiger partial charge in [-0.15, -0.1) is 0 Å². The van der Waals surface area contributed by atoms with E-state index in [4.69, 9.17) is 7.98 Å². The van der Waals surface area contributed by atoms with E-state index >= 15 is 0 Å². The van der Waals surface area contributed by atoms with Crippen LogP contribution in [-0.4, -0.2) is 30.5 Å². The molecule has 1 aliphatic heterocycles. The minimum atomic E-state index is -0.586. The summed E-state index contributed by atoms with van der Waals surface area (Å²) in [6.45, 7) is 1.59. The van der Waals surface area contributed by atoms with Crippen LogP contribution in [0.5, 0.6) is 0 Å². The molecule has 1 rings (SSSR count).